The molecule has 0 spiro atoms. The molecule has 1 aliphatic rings. The maximum atomic E-state index is 5.74. The molecule has 0 aromatic heterocycles. The Labute approximate surface area is 84.2 Å². The summed E-state index contributed by atoms with van der Waals surface area (Å²) in [7, 11) is 0. The van der Waals surface area contributed by atoms with E-state index in [1.165, 1.54) is 0 Å². The van der Waals surface area contributed by atoms with Crippen LogP contribution in [-0.2, 0) is 15.1 Å². The summed E-state index contributed by atoms with van der Waals surface area (Å²) in [6.45, 7) is 6.26. The minimum atomic E-state index is -0.458. The van der Waals surface area contributed by atoms with Crippen molar-refractivity contribution in [3.8, 4) is 0 Å². The zero-order chi connectivity index (χ0) is 10.0. The first kappa shape index (κ1) is 9.44. The lowest BCUT2D eigenvalue weighted by atomic mass is 9.95. The predicted molar refractivity (Wildman–Crippen MR) is 54.8 cm³/mol. The fourth-order valence-corrected chi connectivity index (χ4v) is 1.70. The SMILES string of the molecule is C=C[C@@]1(c2ccccc2)COC(C)O1. The highest BCUT2D eigenvalue weighted by molar-refractivity contribution is 5.28. The van der Waals surface area contributed by atoms with Gasteiger partial charge in [-0.1, -0.05) is 43.0 Å². The second-order valence-electron chi connectivity index (χ2n) is 3.46. The van der Waals surface area contributed by atoms with Crippen LogP contribution in [0.5, 0.6) is 0 Å². The lowest BCUT2D eigenvalue weighted by molar-refractivity contribution is -0.0630. The van der Waals surface area contributed by atoms with Crippen LogP contribution in [0.3, 0.4) is 0 Å². The van der Waals surface area contributed by atoms with Crippen LogP contribution in [0, 0.1) is 0 Å². The predicted octanol–water partition coefficient (Wildman–Crippen LogP) is 2.46. The number of rotatable bonds is 2. The van der Waals surface area contributed by atoms with E-state index in [2.05, 4.69) is 6.58 Å². The molecule has 0 aliphatic carbocycles. The molecule has 0 bridgehead atoms. The summed E-state index contributed by atoms with van der Waals surface area (Å²) >= 11 is 0. The molecule has 2 atom stereocenters. The minimum Gasteiger partial charge on any atom is -0.349 e. The topological polar surface area (TPSA) is 18.5 Å². The van der Waals surface area contributed by atoms with Crippen molar-refractivity contribution in [3.05, 3.63) is 48.6 Å². The summed E-state index contributed by atoms with van der Waals surface area (Å²) in [5.74, 6) is 0. The fraction of sp³-hybridized carbons (Fsp3) is 0.333. The van der Waals surface area contributed by atoms with Crippen molar-refractivity contribution in [2.24, 2.45) is 0 Å². The van der Waals surface area contributed by atoms with E-state index in [9.17, 15) is 0 Å². The highest BCUT2D eigenvalue weighted by Crippen LogP contribution is 2.34. The van der Waals surface area contributed by atoms with Crippen LogP contribution in [0.25, 0.3) is 0 Å². The molecular formula is C12H14O2. The number of benzene rings is 1. The molecule has 2 heteroatoms. The molecule has 0 N–H and O–H groups in total. The Morgan fingerprint density at radius 1 is 1.43 bits per heavy atom. The second kappa shape index (κ2) is 3.56. The summed E-state index contributed by atoms with van der Waals surface area (Å²) in [6.07, 6.45) is 1.65. The van der Waals surface area contributed by atoms with Gasteiger partial charge in [0.15, 0.2) is 6.29 Å². The smallest absolute Gasteiger partial charge is 0.156 e. The molecule has 1 aromatic rings. The van der Waals surface area contributed by atoms with Crippen LogP contribution in [0.2, 0.25) is 0 Å². The quantitative estimate of drug-likeness (QED) is 0.667. The van der Waals surface area contributed by atoms with E-state index in [1.54, 1.807) is 0 Å². The lowest BCUT2D eigenvalue weighted by Crippen LogP contribution is -2.26. The summed E-state index contributed by atoms with van der Waals surface area (Å²) in [5.41, 5.74) is 0.639. The Bertz CT molecular complexity index is 320. The molecule has 0 radical (unpaired) electrons. The molecule has 2 rings (SSSR count). The molecule has 0 saturated carbocycles. The maximum Gasteiger partial charge on any atom is 0.156 e. The molecule has 1 heterocycles. The molecule has 1 fully saturated rings. The molecule has 1 unspecified atom stereocenters. The lowest BCUT2D eigenvalue weighted by Gasteiger charge is -2.23. The maximum absolute atomic E-state index is 5.74. The van der Waals surface area contributed by atoms with Gasteiger partial charge >= 0.3 is 0 Å². The van der Waals surface area contributed by atoms with Gasteiger partial charge in [-0.25, -0.2) is 0 Å². The van der Waals surface area contributed by atoms with Gasteiger partial charge in [-0.3, -0.25) is 0 Å². The molecule has 1 aliphatic heterocycles. The summed E-state index contributed by atoms with van der Waals surface area (Å²) in [5, 5.41) is 0. The Kier molecular flexibility index (Phi) is 2.40. The minimum absolute atomic E-state index is 0.159. The van der Waals surface area contributed by atoms with E-state index < -0.39 is 5.60 Å². The van der Waals surface area contributed by atoms with Crippen LogP contribution >= 0.6 is 0 Å². The summed E-state index contributed by atoms with van der Waals surface area (Å²) in [4.78, 5) is 0. The van der Waals surface area contributed by atoms with Crippen LogP contribution in [-0.4, -0.2) is 12.9 Å². The van der Waals surface area contributed by atoms with Gasteiger partial charge < -0.3 is 9.47 Å². The van der Waals surface area contributed by atoms with E-state index in [1.807, 2.05) is 43.3 Å². The van der Waals surface area contributed by atoms with Crippen molar-refractivity contribution >= 4 is 0 Å². The van der Waals surface area contributed by atoms with E-state index in [4.69, 9.17) is 9.47 Å². The monoisotopic (exact) mass is 190 g/mol. The van der Waals surface area contributed by atoms with E-state index >= 15 is 0 Å². The number of ether oxygens (including phenoxy) is 2. The van der Waals surface area contributed by atoms with Gasteiger partial charge in [0.25, 0.3) is 0 Å². The van der Waals surface area contributed by atoms with Crippen molar-refractivity contribution in [2.45, 2.75) is 18.8 Å². The molecular weight excluding hydrogens is 176 g/mol. The van der Waals surface area contributed by atoms with Gasteiger partial charge in [-0.05, 0) is 12.5 Å². The molecule has 1 saturated heterocycles. The van der Waals surface area contributed by atoms with Crippen molar-refractivity contribution < 1.29 is 9.47 Å². The van der Waals surface area contributed by atoms with Gasteiger partial charge in [0.1, 0.15) is 5.60 Å². The first-order valence-electron chi connectivity index (χ1n) is 4.75. The summed E-state index contributed by atoms with van der Waals surface area (Å²) < 4.78 is 11.2. The molecule has 14 heavy (non-hydrogen) atoms. The van der Waals surface area contributed by atoms with Gasteiger partial charge in [0.05, 0.1) is 6.61 Å². The highest BCUT2D eigenvalue weighted by atomic mass is 16.7. The average molecular weight is 190 g/mol. The number of hydrogen-bond donors (Lipinski definition) is 0. The van der Waals surface area contributed by atoms with Crippen molar-refractivity contribution in [2.75, 3.05) is 6.61 Å². The molecule has 74 valence electrons. The van der Waals surface area contributed by atoms with E-state index in [-0.39, 0.29) is 6.29 Å². The van der Waals surface area contributed by atoms with Crippen molar-refractivity contribution in [1.29, 1.82) is 0 Å². The zero-order valence-electron chi connectivity index (χ0n) is 8.27. The van der Waals surface area contributed by atoms with Crippen LogP contribution in [0.4, 0.5) is 0 Å². The number of hydrogen-bond acceptors (Lipinski definition) is 2. The van der Waals surface area contributed by atoms with Gasteiger partial charge in [0, 0.05) is 0 Å². The third kappa shape index (κ3) is 1.47. The standard InChI is InChI=1S/C12H14O2/c1-3-12(9-13-10(2)14-12)11-7-5-4-6-8-11/h3-8,10H,1,9H2,2H3/t10?,12-/m0/s1. The fourth-order valence-electron chi connectivity index (χ4n) is 1.70. The second-order valence-corrected chi connectivity index (χ2v) is 3.46. The zero-order valence-corrected chi connectivity index (χ0v) is 8.27. The highest BCUT2D eigenvalue weighted by Gasteiger charge is 2.38. The largest absolute Gasteiger partial charge is 0.349 e. The van der Waals surface area contributed by atoms with Crippen molar-refractivity contribution in [3.63, 3.8) is 0 Å². The van der Waals surface area contributed by atoms with Gasteiger partial charge in [-0.2, -0.15) is 0 Å². The Hall–Kier alpha value is -1.12. The van der Waals surface area contributed by atoms with Crippen molar-refractivity contribution in [1.82, 2.24) is 0 Å². The third-order valence-corrected chi connectivity index (χ3v) is 2.50. The van der Waals surface area contributed by atoms with Gasteiger partial charge in [0.2, 0.25) is 0 Å². The molecule has 2 nitrogen and oxygen atoms in total. The first-order chi connectivity index (χ1) is 6.77. The first-order valence-corrected chi connectivity index (χ1v) is 4.75. The summed E-state index contributed by atoms with van der Waals surface area (Å²) in [6, 6.07) is 10.0. The van der Waals surface area contributed by atoms with Crippen LogP contribution < -0.4 is 0 Å². The molecule has 0 amide bonds. The Morgan fingerprint density at radius 3 is 2.64 bits per heavy atom. The van der Waals surface area contributed by atoms with E-state index in [0.717, 1.165) is 5.56 Å². The Balaban J connectivity index is 2.34. The third-order valence-electron chi connectivity index (χ3n) is 2.50. The van der Waals surface area contributed by atoms with Crippen LogP contribution in [0.1, 0.15) is 12.5 Å². The van der Waals surface area contributed by atoms with Gasteiger partial charge in [-0.15, -0.1) is 0 Å². The van der Waals surface area contributed by atoms with Crippen LogP contribution in [0.15, 0.2) is 43.0 Å². The van der Waals surface area contributed by atoms with E-state index in [0.29, 0.717) is 6.61 Å². The molecule has 1 aromatic carbocycles. The Morgan fingerprint density at radius 2 is 2.14 bits per heavy atom. The average Bonchev–Trinajstić information content (AvgIpc) is 2.63. The normalized spacial score (nSPS) is 31.6.